The summed E-state index contributed by atoms with van der Waals surface area (Å²) in [5.41, 5.74) is 0. The zero-order chi connectivity index (χ0) is 11.5. The molecule has 0 saturated carbocycles. The van der Waals surface area contributed by atoms with Crippen molar-refractivity contribution in [1.29, 1.82) is 0 Å². The number of halogens is 1. The summed E-state index contributed by atoms with van der Waals surface area (Å²) >= 11 is 5.69. The van der Waals surface area contributed by atoms with Crippen LogP contribution in [-0.2, 0) is 0 Å². The molecule has 2 atom stereocenters. The first-order valence-electron chi connectivity index (χ1n) is 5.59. The molecule has 16 heavy (non-hydrogen) atoms. The summed E-state index contributed by atoms with van der Waals surface area (Å²) in [5.74, 6) is 1.43. The predicted molar refractivity (Wildman–Crippen MR) is 65.7 cm³/mol. The first-order valence-corrected chi connectivity index (χ1v) is 5.97. The molecule has 0 radical (unpaired) electrons. The molecular formula is C11H17ClN4. The van der Waals surface area contributed by atoms with E-state index in [1.807, 2.05) is 6.07 Å². The molecule has 1 aliphatic heterocycles. The lowest BCUT2D eigenvalue weighted by molar-refractivity contribution is 0.206. The van der Waals surface area contributed by atoms with E-state index in [9.17, 15) is 0 Å². The molecule has 5 heteroatoms. The number of likely N-dealkylation sites (tertiary alicyclic amines) is 1. The van der Waals surface area contributed by atoms with E-state index >= 15 is 0 Å². The van der Waals surface area contributed by atoms with E-state index < -0.39 is 0 Å². The van der Waals surface area contributed by atoms with Crippen molar-refractivity contribution < 1.29 is 0 Å². The number of hydrogen-bond acceptors (Lipinski definition) is 4. The first kappa shape index (κ1) is 11.6. The van der Waals surface area contributed by atoms with Gasteiger partial charge in [-0.15, -0.1) is 10.2 Å². The van der Waals surface area contributed by atoms with Crippen molar-refractivity contribution in [3.05, 3.63) is 17.3 Å². The minimum atomic E-state index is 0.432. The van der Waals surface area contributed by atoms with Crippen LogP contribution >= 0.6 is 11.6 Å². The Kier molecular flexibility index (Phi) is 3.61. The third-order valence-electron chi connectivity index (χ3n) is 3.07. The monoisotopic (exact) mass is 240 g/mol. The second-order valence-electron chi connectivity index (χ2n) is 4.52. The molecule has 0 amide bonds. The maximum Gasteiger partial charge on any atom is 0.151 e. The van der Waals surface area contributed by atoms with Crippen LogP contribution < -0.4 is 5.32 Å². The number of rotatable bonds is 2. The molecule has 2 heterocycles. The van der Waals surface area contributed by atoms with Crippen LogP contribution in [0.15, 0.2) is 12.1 Å². The normalized spacial score (nSPS) is 26.7. The highest BCUT2D eigenvalue weighted by Crippen LogP contribution is 2.19. The van der Waals surface area contributed by atoms with Gasteiger partial charge in [0.2, 0.25) is 0 Å². The molecule has 2 unspecified atom stereocenters. The molecule has 0 spiro atoms. The van der Waals surface area contributed by atoms with Crippen LogP contribution in [0.3, 0.4) is 0 Å². The van der Waals surface area contributed by atoms with Gasteiger partial charge in [-0.1, -0.05) is 18.5 Å². The number of anilines is 1. The molecule has 0 bridgehead atoms. The molecule has 1 saturated heterocycles. The summed E-state index contributed by atoms with van der Waals surface area (Å²) in [5, 5.41) is 11.7. The topological polar surface area (TPSA) is 41.0 Å². The summed E-state index contributed by atoms with van der Waals surface area (Å²) in [7, 11) is 2.16. The second-order valence-corrected chi connectivity index (χ2v) is 4.91. The fourth-order valence-corrected chi connectivity index (χ4v) is 2.25. The summed E-state index contributed by atoms with van der Waals surface area (Å²) in [6.45, 7) is 4.51. The molecule has 4 nitrogen and oxygen atoms in total. The molecule has 0 aromatic carbocycles. The fourth-order valence-electron chi connectivity index (χ4n) is 2.15. The predicted octanol–water partition coefficient (Wildman–Crippen LogP) is 1.88. The molecule has 1 aromatic heterocycles. The Morgan fingerprint density at radius 3 is 2.88 bits per heavy atom. The Hall–Kier alpha value is -0.870. The minimum Gasteiger partial charge on any atom is -0.365 e. The van der Waals surface area contributed by atoms with Crippen molar-refractivity contribution in [3.63, 3.8) is 0 Å². The minimum absolute atomic E-state index is 0.432. The van der Waals surface area contributed by atoms with Gasteiger partial charge < -0.3 is 10.2 Å². The number of nitrogens with zero attached hydrogens (tertiary/aromatic N) is 3. The van der Waals surface area contributed by atoms with E-state index in [0.717, 1.165) is 25.3 Å². The lowest BCUT2D eigenvalue weighted by atomic mass is 9.94. The van der Waals surface area contributed by atoms with Gasteiger partial charge in [0.25, 0.3) is 0 Å². The van der Waals surface area contributed by atoms with Gasteiger partial charge >= 0.3 is 0 Å². The molecule has 2 rings (SSSR count). The van der Waals surface area contributed by atoms with Gasteiger partial charge in [-0.2, -0.15) is 0 Å². The standard InChI is InChI=1S/C11H17ClN4/c1-8-7-16(2)6-5-9(8)13-11-4-3-10(12)14-15-11/h3-4,8-9H,5-7H2,1-2H3,(H,13,15). The van der Waals surface area contributed by atoms with E-state index in [1.165, 1.54) is 0 Å². The van der Waals surface area contributed by atoms with Gasteiger partial charge in [-0.3, -0.25) is 0 Å². The van der Waals surface area contributed by atoms with Crippen molar-refractivity contribution in [2.75, 3.05) is 25.5 Å². The van der Waals surface area contributed by atoms with Gasteiger partial charge in [0, 0.05) is 12.6 Å². The van der Waals surface area contributed by atoms with Crippen molar-refractivity contribution in [2.45, 2.75) is 19.4 Å². The van der Waals surface area contributed by atoms with Gasteiger partial charge in [0.15, 0.2) is 5.15 Å². The van der Waals surface area contributed by atoms with Crippen molar-refractivity contribution in [3.8, 4) is 0 Å². The summed E-state index contributed by atoms with van der Waals surface area (Å²) in [6.07, 6.45) is 1.14. The lowest BCUT2D eigenvalue weighted by Crippen LogP contribution is -2.43. The van der Waals surface area contributed by atoms with Gasteiger partial charge in [0.05, 0.1) is 0 Å². The van der Waals surface area contributed by atoms with Crippen molar-refractivity contribution >= 4 is 17.4 Å². The van der Waals surface area contributed by atoms with Crippen LogP contribution in [0.1, 0.15) is 13.3 Å². The Morgan fingerprint density at radius 1 is 1.44 bits per heavy atom. The average molecular weight is 241 g/mol. The highest BCUT2D eigenvalue weighted by molar-refractivity contribution is 6.29. The number of aromatic nitrogens is 2. The van der Waals surface area contributed by atoms with Crippen molar-refractivity contribution in [2.24, 2.45) is 5.92 Å². The lowest BCUT2D eigenvalue weighted by Gasteiger charge is -2.35. The number of hydrogen-bond donors (Lipinski definition) is 1. The first-order chi connectivity index (χ1) is 7.65. The number of piperidine rings is 1. The maximum atomic E-state index is 5.69. The van der Waals surface area contributed by atoms with Gasteiger partial charge in [0.1, 0.15) is 5.82 Å². The fraction of sp³-hybridized carbons (Fsp3) is 0.636. The zero-order valence-electron chi connectivity index (χ0n) is 9.65. The molecule has 1 aromatic rings. The summed E-state index contributed by atoms with van der Waals surface area (Å²) in [4.78, 5) is 2.36. The molecule has 1 aliphatic rings. The highest BCUT2D eigenvalue weighted by atomic mass is 35.5. The van der Waals surface area contributed by atoms with Gasteiger partial charge in [-0.25, -0.2) is 0 Å². The van der Waals surface area contributed by atoms with E-state index in [0.29, 0.717) is 17.1 Å². The van der Waals surface area contributed by atoms with E-state index in [2.05, 4.69) is 34.4 Å². The summed E-state index contributed by atoms with van der Waals surface area (Å²) in [6, 6.07) is 4.11. The largest absolute Gasteiger partial charge is 0.365 e. The van der Waals surface area contributed by atoms with Crippen LogP contribution in [-0.4, -0.2) is 41.3 Å². The van der Waals surface area contributed by atoms with Crippen LogP contribution in [0.5, 0.6) is 0 Å². The third kappa shape index (κ3) is 2.83. The third-order valence-corrected chi connectivity index (χ3v) is 3.28. The van der Waals surface area contributed by atoms with Crippen LogP contribution in [0, 0.1) is 5.92 Å². The van der Waals surface area contributed by atoms with E-state index in [1.54, 1.807) is 6.07 Å². The Morgan fingerprint density at radius 2 is 2.25 bits per heavy atom. The SMILES string of the molecule is CC1CN(C)CCC1Nc1ccc(Cl)nn1. The Balaban J connectivity index is 1.96. The smallest absolute Gasteiger partial charge is 0.151 e. The molecule has 1 fully saturated rings. The van der Waals surface area contributed by atoms with Gasteiger partial charge in [-0.05, 0) is 38.1 Å². The number of nitrogens with one attached hydrogen (secondary N) is 1. The molecular weight excluding hydrogens is 224 g/mol. The highest BCUT2D eigenvalue weighted by Gasteiger charge is 2.24. The van der Waals surface area contributed by atoms with E-state index in [4.69, 9.17) is 11.6 Å². The van der Waals surface area contributed by atoms with Crippen LogP contribution in [0.4, 0.5) is 5.82 Å². The quantitative estimate of drug-likeness (QED) is 0.857. The average Bonchev–Trinajstić information content (AvgIpc) is 2.25. The molecule has 1 N–H and O–H groups in total. The maximum absolute atomic E-state index is 5.69. The Bertz CT molecular complexity index is 340. The van der Waals surface area contributed by atoms with E-state index in [-0.39, 0.29) is 0 Å². The van der Waals surface area contributed by atoms with Crippen molar-refractivity contribution in [1.82, 2.24) is 15.1 Å². The zero-order valence-corrected chi connectivity index (χ0v) is 10.4. The summed E-state index contributed by atoms with van der Waals surface area (Å²) < 4.78 is 0. The Labute approximate surface area is 101 Å². The molecule has 88 valence electrons. The van der Waals surface area contributed by atoms with Crippen LogP contribution in [0.25, 0.3) is 0 Å². The molecule has 0 aliphatic carbocycles. The van der Waals surface area contributed by atoms with Crippen LogP contribution in [0.2, 0.25) is 5.15 Å². The second kappa shape index (κ2) is 4.97.